The average Bonchev–Trinajstić information content (AvgIpc) is 2.41. The van der Waals surface area contributed by atoms with Gasteiger partial charge in [0.25, 0.3) is 0 Å². The molecule has 0 aromatic heterocycles. The Hall–Kier alpha value is -1.37. The maximum atomic E-state index is 10.2. The van der Waals surface area contributed by atoms with Crippen LogP contribution in [0.4, 0.5) is 0 Å². The van der Waals surface area contributed by atoms with E-state index in [1.807, 2.05) is 12.1 Å². The molecule has 0 saturated carbocycles. The van der Waals surface area contributed by atoms with E-state index >= 15 is 0 Å². The smallest absolute Gasteiger partial charge is 0.0991 e. The van der Waals surface area contributed by atoms with Gasteiger partial charge in [0.05, 0.1) is 17.7 Å². The van der Waals surface area contributed by atoms with Gasteiger partial charge in [0, 0.05) is 12.6 Å². The van der Waals surface area contributed by atoms with Crippen molar-refractivity contribution in [3.8, 4) is 6.07 Å². The van der Waals surface area contributed by atoms with Crippen molar-refractivity contribution < 1.29 is 5.11 Å². The minimum atomic E-state index is -0.460. The van der Waals surface area contributed by atoms with Gasteiger partial charge >= 0.3 is 0 Å². The third kappa shape index (κ3) is 3.10. The number of nitriles is 1. The van der Waals surface area contributed by atoms with Gasteiger partial charge in [-0.05, 0) is 44.0 Å². The van der Waals surface area contributed by atoms with E-state index in [0.717, 1.165) is 12.1 Å². The number of hydrogen-bond donors (Lipinski definition) is 1. The Bertz CT molecular complexity index is 421. The number of nitrogens with zero attached hydrogens (tertiary/aromatic N) is 2. The van der Waals surface area contributed by atoms with Gasteiger partial charge in [-0.2, -0.15) is 5.26 Å². The van der Waals surface area contributed by atoms with Crippen molar-refractivity contribution in [2.75, 3.05) is 13.1 Å². The molecule has 1 heterocycles. The largest absolute Gasteiger partial charge is 0.387 e. The van der Waals surface area contributed by atoms with E-state index in [9.17, 15) is 5.11 Å². The molecular weight excluding hydrogens is 224 g/mol. The minimum absolute atomic E-state index is 0.460. The normalized spacial score (nSPS) is 22.4. The first-order valence-corrected chi connectivity index (χ1v) is 6.63. The molecule has 1 saturated heterocycles. The monoisotopic (exact) mass is 244 g/mol. The molecule has 0 amide bonds. The van der Waals surface area contributed by atoms with Crippen LogP contribution in [0.1, 0.15) is 43.4 Å². The van der Waals surface area contributed by atoms with E-state index in [1.54, 1.807) is 12.1 Å². The van der Waals surface area contributed by atoms with Gasteiger partial charge in [-0.1, -0.05) is 18.6 Å². The highest BCUT2D eigenvalue weighted by atomic mass is 16.3. The van der Waals surface area contributed by atoms with E-state index in [2.05, 4.69) is 17.9 Å². The molecule has 18 heavy (non-hydrogen) atoms. The number of β-amino-alcohol motifs (C(OH)–C–C–N with tert-alkyl or cyclic N) is 1. The van der Waals surface area contributed by atoms with E-state index in [4.69, 9.17) is 5.26 Å². The highest BCUT2D eigenvalue weighted by Gasteiger charge is 2.21. The second kappa shape index (κ2) is 5.99. The summed E-state index contributed by atoms with van der Waals surface area (Å²) in [6, 6.07) is 9.87. The first-order valence-electron chi connectivity index (χ1n) is 6.63. The van der Waals surface area contributed by atoms with Crippen molar-refractivity contribution in [1.29, 1.82) is 5.26 Å². The van der Waals surface area contributed by atoms with Crippen LogP contribution in [0.3, 0.4) is 0 Å². The zero-order chi connectivity index (χ0) is 13.0. The van der Waals surface area contributed by atoms with Crippen LogP contribution >= 0.6 is 0 Å². The van der Waals surface area contributed by atoms with E-state index in [-0.39, 0.29) is 0 Å². The molecule has 0 spiro atoms. The highest BCUT2D eigenvalue weighted by Crippen LogP contribution is 2.21. The lowest BCUT2D eigenvalue weighted by Gasteiger charge is -2.34. The number of aliphatic hydroxyl groups is 1. The maximum absolute atomic E-state index is 10.2. The van der Waals surface area contributed by atoms with Crippen molar-refractivity contribution in [3.05, 3.63) is 35.4 Å². The fourth-order valence-corrected chi connectivity index (χ4v) is 2.54. The summed E-state index contributed by atoms with van der Waals surface area (Å²) < 4.78 is 0. The molecule has 0 aliphatic carbocycles. The van der Waals surface area contributed by atoms with Gasteiger partial charge in [0.1, 0.15) is 0 Å². The molecule has 1 N–H and O–H groups in total. The van der Waals surface area contributed by atoms with E-state index in [1.165, 1.54) is 19.3 Å². The number of aliphatic hydroxyl groups excluding tert-OH is 1. The van der Waals surface area contributed by atoms with Crippen molar-refractivity contribution in [3.63, 3.8) is 0 Å². The van der Waals surface area contributed by atoms with Crippen molar-refractivity contribution >= 4 is 0 Å². The topological polar surface area (TPSA) is 47.3 Å². The Morgan fingerprint density at radius 3 is 2.72 bits per heavy atom. The van der Waals surface area contributed by atoms with Crippen LogP contribution in [-0.2, 0) is 0 Å². The molecule has 96 valence electrons. The van der Waals surface area contributed by atoms with Crippen LogP contribution in [0.25, 0.3) is 0 Å². The number of rotatable bonds is 3. The molecule has 1 aliphatic rings. The van der Waals surface area contributed by atoms with Gasteiger partial charge in [-0.3, -0.25) is 4.90 Å². The number of benzene rings is 1. The van der Waals surface area contributed by atoms with Gasteiger partial charge in [0.15, 0.2) is 0 Å². The molecule has 1 aromatic rings. The summed E-state index contributed by atoms with van der Waals surface area (Å²) >= 11 is 0. The summed E-state index contributed by atoms with van der Waals surface area (Å²) in [5.41, 5.74) is 1.53. The number of likely N-dealkylation sites (tertiary alicyclic amines) is 1. The van der Waals surface area contributed by atoms with Gasteiger partial charge < -0.3 is 5.11 Å². The standard InChI is InChI=1S/C15H20N2O/c1-12-4-2-3-9-17(12)11-15(18)14-7-5-13(10-16)6-8-14/h5-8,12,15,18H,2-4,9,11H2,1H3. The van der Waals surface area contributed by atoms with Crippen LogP contribution in [0.2, 0.25) is 0 Å². The third-order valence-electron chi connectivity index (χ3n) is 3.77. The lowest BCUT2D eigenvalue weighted by molar-refractivity contribution is 0.0732. The summed E-state index contributed by atoms with van der Waals surface area (Å²) in [4.78, 5) is 2.35. The van der Waals surface area contributed by atoms with E-state index in [0.29, 0.717) is 18.2 Å². The quantitative estimate of drug-likeness (QED) is 0.888. The summed E-state index contributed by atoms with van der Waals surface area (Å²) in [5, 5.41) is 19.0. The predicted octanol–water partition coefficient (Wildman–Crippen LogP) is 2.47. The van der Waals surface area contributed by atoms with Crippen LogP contribution < -0.4 is 0 Å². The van der Waals surface area contributed by atoms with Crippen LogP contribution in [-0.4, -0.2) is 29.1 Å². The molecule has 3 heteroatoms. The number of piperidine rings is 1. The Balaban J connectivity index is 1.98. The summed E-state index contributed by atoms with van der Waals surface area (Å²) in [5.74, 6) is 0. The van der Waals surface area contributed by atoms with Crippen LogP contribution in [0, 0.1) is 11.3 Å². The molecule has 1 fully saturated rings. The molecule has 2 unspecified atom stereocenters. The first kappa shape index (κ1) is 13.1. The van der Waals surface area contributed by atoms with E-state index < -0.39 is 6.10 Å². The second-order valence-electron chi connectivity index (χ2n) is 5.09. The Kier molecular flexibility index (Phi) is 4.35. The maximum Gasteiger partial charge on any atom is 0.0991 e. The molecule has 1 aromatic carbocycles. The zero-order valence-electron chi connectivity index (χ0n) is 10.8. The second-order valence-corrected chi connectivity index (χ2v) is 5.09. The molecule has 2 rings (SSSR count). The number of hydrogen-bond acceptors (Lipinski definition) is 3. The summed E-state index contributed by atoms with van der Waals surface area (Å²) in [6.45, 7) is 3.99. The average molecular weight is 244 g/mol. The summed E-state index contributed by atoms with van der Waals surface area (Å²) in [6.07, 6.45) is 3.29. The lowest BCUT2D eigenvalue weighted by atomic mass is 10.0. The van der Waals surface area contributed by atoms with Crippen LogP contribution in [0.5, 0.6) is 0 Å². The Morgan fingerprint density at radius 1 is 1.39 bits per heavy atom. The van der Waals surface area contributed by atoms with Crippen molar-refractivity contribution in [1.82, 2.24) is 4.90 Å². The molecule has 1 aliphatic heterocycles. The molecule has 0 bridgehead atoms. The van der Waals surface area contributed by atoms with Crippen molar-refractivity contribution in [2.45, 2.75) is 38.3 Å². The SMILES string of the molecule is CC1CCCCN1CC(O)c1ccc(C#N)cc1. The first-order chi connectivity index (χ1) is 8.70. The summed E-state index contributed by atoms with van der Waals surface area (Å²) in [7, 11) is 0. The minimum Gasteiger partial charge on any atom is -0.387 e. The Morgan fingerprint density at radius 2 is 2.11 bits per heavy atom. The molecule has 2 atom stereocenters. The Labute approximate surface area is 109 Å². The molecule has 3 nitrogen and oxygen atoms in total. The highest BCUT2D eigenvalue weighted by molar-refractivity contribution is 5.32. The lowest BCUT2D eigenvalue weighted by Crippen LogP contribution is -2.40. The molecule has 0 radical (unpaired) electrons. The van der Waals surface area contributed by atoms with Gasteiger partial charge in [-0.25, -0.2) is 0 Å². The predicted molar refractivity (Wildman–Crippen MR) is 71.0 cm³/mol. The van der Waals surface area contributed by atoms with Gasteiger partial charge in [-0.15, -0.1) is 0 Å². The third-order valence-corrected chi connectivity index (χ3v) is 3.77. The fraction of sp³-hybridized carbons (Fsp3) is 0.533. The zero-order valence-corrected chi connectivity index (χ0v) is 10.8. The fourth-order valence-electron chi connectivity index (χ4n) is 2.54. The van der Waals surface area contributed by atoms with Crippen LogP contribution in [0.15, 0.2) is 24.3 Å². The van der Waals surface area contributed by atoms with Gasteiger partial charge in [0.2, 0.25) is 0 Å². The van der Waals surface area contributed by atoms with Crippen molar-refractivity contribution in [2.24, 2.45) is 0 Å². The molecular formula is C15H20N2O.